The third-order valence-electron chi connectivity index (χ3n) is 8.14. The molecule has 13 heteroatoms. The highest BCUT2D eigenvalue weighted by Crippen LogP contribution is 2.24. The number of carbonyl (C=O) groups excluding carboxylic acids is 1. The minimum atomic E-state index is -0.533. The number of amides is 1. The fraction of sp³-hybridized carbons (Fsp3) is 0.485. The standard InChI is InChI=1S/C33H42N10O3/c1-24(26-8-6-5-7-9-26)27-18-34-30(35-19-27)40-10-12-41(13-11-40)31-37-23-36-29(39-31)16-25-17-38-43(20-25)22-28-21-42(14-15-45-28)32(44)46-33(2,3)4/h5-9,17-20,23-24,28H,10-16,21-22H2,1-4H3/t24?,28-/m0/s1. The number of nitrogens with zero attached hydrogens (tertiary/aromatic N) is 10. The molecule has 2 aliphatic rings. The maximum absolute atomic E-state index is 12.5. The number of ether oxygens (including phenoxy) is 2. The monoisotopic (exact) mass is 626 g/mol. The highest BCUT2D eigenvalue weighted by molar-refractivity contribution is 5.68. The van der Waals surface area contributed by atoms with Crippen LogP contribution in [0.1, 0.15) is 56.1 Å². The highest BCUT2D eigenvalue weighted by atomic mass is 16.6. The number of hydrogen-bond donors (Lipinski definition) is 0. The van der Waals surface area contributed by atoms with Crippen LogP contribution in [0, 0.1) is 0 Å². The van der Waals surface area contributed by atoms with Crippen molar-refractivity contribution in [3.63, 3.8) is 0 Å². The van der Waals surface area contributed by atoms with Crippen molar-refractivity contribution in [2.75, 3.05) is 55.7 Å². The number of anilines is 2. The summed E-state index contributed by atoms with van der Waals surface area (Å²) in [6.45, 7) is 12.8. The Labute approximate surface area is 269 Å². The Morgan fingerprint density at radius 3 is 2.37 bits per heavy atom. The molecule has 0 spiro atoms. The van der Waals surface area contributed by atoms with E-state index in [1.807, 2.05) is 56.3 Å². The predicted octanol–water partition coefficient (Wildman–Crippen LogP) is 3.56. The zero-order valence-electron chi connectivity index (χ0n) is 27.0. The highest BCUT2D eigenvalue weighted by Gasteiger charge is 2.28. The van der Waals surface area contributed by atoms with Gasteiger partial charge in [0.2, 0.25) is 11.9 Å². The molecule has 3 aromatic heterocycles. The van der Waals surface area contributed by atoms with Crippen molar-refractivity contribution in [3.8, 4) is 0 Å². The van der Waals surface area contributed by atoms with E-state index in [1.54, 1.807) is 11.2 Å². The Bertz CT molecular complexity index is 1580. The van der Waals surface area contributed by atoms with Crippen LogP contribution in [0.3, 0.4) is 0 Å². The van der Waals surface area contributed by atoms with Gasteiger partial charge in [-0.15, -0.1) is 0 Å². The average molecular weight is 627 g/mol. The van der Waals surface area contributed by atoms with E-state index in [0.29, 0.717) is 44.4 Å². The molecule has 2 aliphatic heterocycles. The summed E-state index contributed by atoms with van der Waals surface area (Å²) in [6.07, 6.45) is 9.30. The van der Waals surface area contributed by atoms with Gasteiger partial charge in [0.15, 0.2) is 0 Å². The van der Waals surface area contributed by atoms with Crippen LogP contribution in [0.15, 0.2) is 61.4 Å². The molecule has 0 saturated carbocycles. The maximum atomic E-state index is 12.5. The Hall–Kier alpha value is -4.65. The van der Waals surface area contributed by atoms with Gasteiger partial charge in [0, 0.05) is 63.7 Å². The van der Waals surface area contributed by atoms with Crippen molar-refractivity contribution in [1.82, 2.24) is 39.6 Å². The first-order valence-electron chi connectivity index (χ1n) is 15.9. The molecular formula is C33H42N10O3. The lowest BCUT2D eigenvalue weighted by atomic mass is 9.96. The first kappa shape index (κ1) is 31.3. The van der Waals surface area contributed by atoms with Gasteiger partial charge in [-0.05, 0) is 37.5 Å². The number of aromatic nitrogens is 7. The minimum absolute atomic E-state index is 0.169. The molecule has 46 heavy (non-hydrogen) atoms. The SMILES string of the molecule is CC(c1ccccc1)c1cnc(N2CCN(c3ncnc(Cc4cnn(C[C@@H]5CN(C(=O)OC(C)(C)C)CCO5)c4)n3)CC2)nc1. The number of carbonyl (C=O) groups is 1. The molecule has 13 nitrogen and oxygen atoms in total. The molecule has 2 saturated heterocycles. The normalized spacial score (nSPS) is 18.0. The van der Waals surface area contributed by atoms with Gasteiger partial charge in [0.05, 0.1) is 32.0 Å². The van der Waals surface area contributed by atoms with Gasteiger partial charge in [-0.2, -0.15) is 10.1 Å². The molecule has 2 fully saturated rings. The lowest BCUT2D eigenvalue weighted by Gasteiger charge is -2.34. The number of hydrogen-bond acceptors (Lipinski definition) is 11. The molecule has 1 amide bonds. The number of rotatable bonds is 8. The molecule has 0 bridgehead atoms. The molecule has 1 aromatic carbocycles. The van der Waals surface area contributed by atoms with Crippen LogP contribution in [0.2, 0.25) is 0 Å². The van der Waals surface area contributed by atoms with Gasteiger partial charge in [-0.25, -0.2) is 24.7 Å². The fourth-order valence-electron chi connectivity index (χ4n) is 5.63. The second-order valence-corrected chi connectivity index (χ2v) is 12.8. The van der Waals surface area contributed by atoms with Crippen molar-refractivity contribution < 1.29 is 14.3 Å². The smallest absolute Gasteiger partial charge is 0.410 e. The lowest BCUT2D eigenvalue weighted by Crippen LogP contribution is -2.48. The van der Waals surface area contributed by atoms with Crippen LogP contribution in [0.25, 0.3) is 0 Å². The molecule has 1 unspecified atom stereocenters. The van der Waals surface area contributed by atoms with E-state index in [-0.39, 0.29) is 18.1 Å². The Morgan fingerprint density at radius 1 is 0.935 bits per heavy atom. The van der Waals surface area contributed by atoms with E-state index in [2.05, 4.69) is 66.0 Å². The summed E-state index contributed by atoms with van der Waals surface area (Å²) in [7, 11) is 0. The van der Waals surface area contributed by atoms with Crippen molar-refractivity contribution in [2.45, 2.75) is 58.3 Å². The number of morpholine rings is 1. The molecule has 0 aliphatic carbocycles. The van der Waals surface area contributed by atoms with Crippen molar-refractivity contribution in [3.05, 3.63) is 84.0 Å². The molecule has 0 N–H and O–H groups in total. The average Bonchev–Trinajstić information content (AvgIpc) is 3.50. The van der Waals surface area contributed by atoms with Crippen molar-refractivity contribution in [2.24, 2.45) is 0 Å². The molecule has 4 aromatic rings. The molecule has 0 radical (unpaired) electrons. The summed E-state index contributed by atoms with van der Waals surface area (Å²) in [4.78, 5) is 41.6. The molecule has 242 valence electrons. The van der Waals surface area contributed by atoms with Crippen LogP contribution >= 0.6 is 0 Å². The van der Waals surface area contributed by atoms with Crippen LogP contribution in [-0.4, -0.2) is 103 Å². The lowest BCUT2D eigenvalue weighted by molar-refractivity contribution is -0.0483. The first-order chi connectivity index (χ1) is 22.2. The Kier molecular flexibility index (Phi) is 9.38. The number of piperazine rings is 1. The summed E-state index contributed by atoms with van der Waals surface area (Å²) in [5.41, 5.74) is 2.81. The molecular weight excluding hydrogens is 584 g/mol. The van der Waals surface area contributed by atoms with E-state index in [0.717, 1.165) is 43.3 Å². The summed E-state index contributed by atoms with van der Waals surface area (Å²) >= 11 is 0. The molecule has 2 atom stereocenters. The van der Waals surface area contributed by atoms with Crippen molar-refractivity contribution >= 4 is 18.0 Å². The Morgan fingerprint density at radius 2 is 1.65 bits per heavy atom. The zero-order valence-corrected chi connectivity index (χ0v) is 27.0. The van der Waals surface area contributed by atoms with Gasteiger partial charge < -0.3 is 24.2 Å². The fourth-order valence-corrected chi connectivity index (χ4v) is 5.63. The second-order valence-electron chi connectivity index (χ2n) is 12.8. The van der Waals surface area contributed by atoms with Gasteiger partial charge in [-0.3, -0.25) is 4.68 Å². The third kappa shape index (κ3) is 7.94. The van der Waals surface area contributed by atoms with Gasteiger partial charge in [0.25, 0.3) is 0 Å². The number of benzene rings is 1. The molecule has 6 rings (SSSR count). The molecule has 5 heterocycles. The summed E-state index contributed by atoms with van der Waals surface area (Å²) in [5, 5.41) is 4.52. The quantitative estimate of drug-likeness (QED) is 0.285. The van der Waals surface area contributed by atoms with Crippen LogP contribution in [-0.2, 0) is 22.4 Å². The second kappa shape index (κ2) is 13.8. The van der Waals surface area contributed by atoms with E-state index in [1.165, 1.54) is 5.56 Å². The summed E-state index contributed by atoms with van der Waals surface area (Å²) < 4.78 is 13.3. The minimum Gasteiger partial charge on any atom is -0.444 e. The summed E-state index contributed by atoms with van der Waals surface area (Å²) in [5.74, 6) is 2.33. The van der Waals surface area contributed by atoms with E-state index >= 15 is 0 Å². The first-order valence-corrected chi connectivity index (χ1v) is 15.9. The van der Waals surface area contributed by atoms with Gasteiger partial charge in [0.1, 0.15) is 17.8 Å². The zero-order chi connectivity index (χ0) is 32.1. The topological polar surface area (TPSA) is 128 Å². The Balaban J connectivity index is 0.999. The van der Waals surface area contributed by atoms with Crippen LogP contribution < -0.4 is 9.80 Å². The van der Waals surface area contributed by atoms with Crippen LogP contribution in [0.5, 0.6) is 0 Å². The summed E-state index contributed by atoms with van der Waals surface area (Å²) in [6, 6.07) is 10.4. The van der Waals surface area contributed by atoms with E-state index < -0.39 is 5.60 Å². The van der Waals surface area contributed by atoms with E-state index in [4.69, 9.17) is 14.5 Å². The largest absolute Gasteiger partial charge is 0.444 e. The van der Waals surface area contributed by atoms with Crippen molar-refractivity contribution in [1.29, 1.82) is 0 Å². The maximum Gasteiger partial charge on any atom is 0.410 e. The van der Waals surface area contributed by atoms with Crippen LogP contribution in [0.4, 0.5) is 16.7 Å². The third-order valence-corrected chi connectivity index (χ3v) is 8.14. The van der Waals surface area contributed by atoms with E-state index in [9.17, 15) is 4.79 Å². The van der Waals surface area contributed by atoms with Gasteiger partial charge in [-0.1, -0.05) is 37.3 Å². The predicted molar refractivity (Wildman–Crippen MR) is 173 cm³/mol. The van der Waals surface area contributed by atoms with Gasteiger partial charge >= 0.3 is 6.09 Å².